The van der Waals surface area contributed by atoms with Crippen molar-refractivity contribution >= 4 is 11.4 Å². The number of ether oxygens (including phenoxy) is 1. The van der Waals surface area contributed by atoms with E-state index in [2.05, 4.69) is 5.10 Å². The molecule has 1 aromatic carbocycles. The number of aromatic nitrogens is 2. The van der Waals surface area contributed by atoms with Gasteiger partial charge >= 0.3 is 6.18 Å². The maximum Gasteiger partial charge on any atom is 0.418 e. The highest BCUT2D eigenvalue weighted by atomic mass is 19.4. The second-order valence-corrected chi connectivity index (χ2v) is 6.13. The standard InChI is InChI=1S/C16H17F3N4O3/c1-11-7-20-22(8-11)10-13-9-21(4-5-26-13)15-3-2-12(23(24)25)6-14(15)16(17,18)19/h2-3,6-8,13H,4-5,9-10H2,1H3. The van der Waals surface area contributed by atoms with Crippen molar-refractivity contribution in [3.63, 3.8) is 0 Å². The van der Waals surface area contributed by atoms with Crippen molar-refractivity contribution in [1.29, 1.82) is 0 Å². The molecule has 0 bridgehead atoms. The van der Waals surface area contributed by atoms with Crippen molar-refractivity contribution in [1.82, 2.24) is 9.78 Å². The molecular weight excluding hydrogens is 353 g/mol. The Balaban J connectivity index is 1.84. The maximum atomic E-state index is 13.4. The zero-order chi connectivity index (χ0) is 18.9. The number of nitro groups is 1. The van der Waals surface area contributed by atoms with Crippen LogP contribution in [0.3, 0.4) is 0 Å². The van der Waals surface area contributed by atoms with Crippen LogP contribution in [-0.2, 0) is 17.5 Å². The average Bonchev–Trinajstić information content (AvgIpc) is 2.98. The largest absolute Gasteiger partial charge is 0.418 e. The highest BCUT2D eigenvalue weighted by Crippen LogP contribution is 2.39. The molecule has 3 rings (SSSR count). The third-order valence-corrected chi connectivity index (χ3v) is 4.13. The van der Waals surface area contributed by atoms with Gasteiger partial charge in [0.1, 0.15) is 0 Å². The molecule has 2 heterocycles. The number of hydrogen-bond acceptors (Lipinski definition) is 5. The predicted molar refractivity (Wildman–Crippen MR) is 87.0 cm³/mol. The number of rotatable bonds is 4. The zero-order valence-corrected chi connectivity index (χ0v) is 13.9. The Morgan fingerprint density at radius 3 is 2.81 bits per heavy atom. The summed E-state index contributed by atoms with van der Waals surface area (Å²) in [6.45, 7) is 3.08. The molecular formula is C16H17F3N4O3. The second-order valence-electron chi connectivity index (χ2n) is 6.13. The summed E-state index contributed by atoms with van der Waals surface area (Å²) in [5.41, 5.74) is -0.694. The van der Waals surface area contributed by atoms with Gasteiger partial charge in [-0.2, -0.15) is 18.3 Å². The van der Waals surface area contributed by atoms with Gasteiger partial charge in [0.15, 0.2) is 0 Å². The molecule has 0 radical (unpaired) electrons. The van der Waals surface area contributed by atoms with Crippen LogP contribution in [0, 0.1) is 17.0 Å². The smallest absolute Gasteiger partial charge is 0.373 e. The van der Waals surface area contributed by atoms with Crippen molar-refractivity contribution in [2.24, 2.45) is 0 Å². The lowest BCUT2D eigenvalue weighted by atomic mass is 10.1. The fourth-order valence-electron chi connectivity index (χ4n) is 2.96. The number of halogens is 3. The highest BCUT2D eigenvalue weighted by Gasteiger charge is 2.37. The minimum Gasteiger partial charge on any atom is -0.373 e. The van der Waals surface area contributed by atoms with Gasteiger partial charge in [0.05, 0.1) is 35.9 Å². The highest BCUT2D eigenvalue weighted by molar-refractivity contribution is 5.59. The van der Waals surface area contributed by atoms with Crippen LogP contribution >= 0.6 is 0 Å². The van der Waals surface area contributed by atoms with Crippen LogP contribution in [0.5, 0.6) is 0 Å². The van der Waals surface area contributed by atoms with Crippen molar-refractivity contribution in [3.8, 4) is 0 Å². The monoisotopic (exact) mass is 370 g/mol. The summed E-state index contributed by atoms with van der Waals surface area (Å²) in [7, 11) is 0. The fourth-order valence-corrected chi connectivity index (χ4v) is 2.96. The normalized spacial score (nSPS) is 18.2. The number of aryl methyl sites for hydroxylation is 1. The molecule has 1 fully saturated rings. The molecule has 10 heteroatoms. The lowest BCUT2D eigenvalue weighted by molar-refractivity contribution is -0.385. The molecule has 26 heavy (non-hydrogen) atoms. The second kappa shape index (κ2) is 6.94. The summed E-state index contributed by atoms with van der Waals surface area (Å²) < 4.78 is 47.5. The molecule has 7 nitrogen and oxygen atoms in total. The van der Waals surface area contributed by atoms with E-state index in [9.17, 15) is 23.3 Å². The number of non-ortho nitro benzene ring substituents is 1. The van der Waals surface area contributed by atoms with Crippen molar-refractivity contribution < 1.29 is 22.8 Å². The van der Waals surface area contributed by atoms with Crippen molar-refractivity contribution in [2.75, 3.05) is 24.6 Å². The van der Waals surface area contributed by atoms with Crippen LogP contribution in [0.2, 0.25) is 0 Å². The van der Waals surface area contributed by atoms with E-state index in [4.69, 9.17) is 4.74 Å². The Morgan fingerprint density at radius 1 is 1.42 bits per heavy atom. The molecule has 1 atom stereocenters. The van der Waals surface area contributed by atoms with Crippen LogP contribution in [0.25, 0.3) is 0 Å². The van der Waals surface area contributed by atoms with Gasteiger partial charge in [-0.05, 0) is 18.6 Å². The first kappa shape index (κ1) is 18.2. The molecule has 2 aromatic rings. The number of anilines is 1. The van der Waals surface area contributed by atoms with Gasteiger partial charge < -0.3 is 9.64 Å². The predicted octanol–water partition coefficient (Wildman–Crippen LogP) is 3.02. The first-order valence-corrected chi connectivity index (χ1v) is 7.95. The van der Waals surface area contributed by atoms with Crippen molar-refractivity contribution in [2.45, 2.75) is 25.7 Å². The third-order valence-electron chi connectivity index (χ3n) is 4.13. The molecule has 0 spiro atoms. The molecule has 0 amide bonds. The van der Waals surface area contributed by atoms with Crippen LogP contribution < -0.4 is 4.90 Å². The summed E-state index contributed by atoms with van der Waals surface area (Å²) in [5.74, 6) is 0. The van der Waals surface area contributed by atoms with Gasteiger partial charge in [-0.15, -0.1) is 0 Å². The third kappa shape index (κ3) is 3.96. The van der Waals surface area contributed by atoms with E-state index in [1.54, 1.807) is 15.8 Å². The van der Waals surface area contributed by atoms with Gasteiger partial charge in [-0.1, -0.05) is 0 Å². The molecule has 1 saturated heterocycles. The number of morpholine rings is 1. The van der Waals surface area contributed by atoms with Crippen LogP contribution in [0.4, 0.5) is 24.5 Å². The van der Waals surface area contributed by atoms with E-state index < -0.39 is 22.4 Å². The zero-order valence-electron chi connectivity index (χ0n) is 13.9. The Bertz CT molecular complexity index is 806. The molecule has 1 aromatic heterocycles. The molecule has 1 unspecified atom stereocenters. The SMILES string of the molecule is Cc1cnn(CC2CN(c3ccc([N+](=O)[O-])cc3C(F)(F)F)CCO2)c1. The Hall–Kier alpha value is -2.62. The molecule has 0 aliphatic carbocycles. The summed E-state index contributed by atoms with van der Waals surface area (Å²) in [5, 5.41) is 15.0. The van der Waals surface area contributed by atoms with E-state index in [0.717, 1.165) is 17.7 Å². The summed E-state index contributed by atoms with van der Waals surface area (Å²) >= 11 is 0. The Morgan fingerprint density at radius 2 is 2.19 bits per heavy atom. The van der Waals surface area contributed by atoms with Gasteiger partial charge in [0, 0.05) is 37.1 Å². The minimum atomic E-state index is -4.69. The quantitative estimate of drug-likeness (QED) is 0.611. The summed E-state index contributed by atoms with van der Waals surface area (Å²) in [4.78, 5) is 11.5. The first-order valence-electron chi connectivity index (χ1n) is 7.95. The molecule has 140 valence electrons. The van der Waals surface area contributed by atoms with E-state index in [0.29, 0.717) is 12.6 Å². The molecule has 1 aliphatic heterocycles. The van der Waals surface area contributed by atoms with Crippen LogP contribution in [-0.4, -0.2) is 40.5 Å². The molecule has 0 N–H and O–H groups in total. The van der Waals surface area contributed by atoms with E-state index in [1.165, 1.54) is 0 Å². The molecule has 1 aliphatic rings. The van der Waals surface area contributed by atoms with Crippen molar-refractivity contribution in [3.05, 3.63) is 51.8 Å². The minimum absolute atomic E-state index is 0.0759. The van der Waals surface area contributed by atoms with E-state index in [-0.39, 0.29) is 31.5 Å². The maximum absolute atomic E-state index is 13.4. The fraction of sp³-hybridized carbons (Fsp3) is 0.438. The van der Waals surface area contributed by atoms with E-state index in [1.807, 2.05) is 13.1 Å². The van der Waals surface area contributed by atoms with Crippen LogP contribution in [0.15, 0.2) is 30.6 Å². The number of hydrogen-bond donors (Lipinski definition) is 0. The lowest BCUT2D eigenvalue weighted by Gasteiger charge is -2.35. The number of alkyl halides is 3. The van der Waals surface area contributed by atoms with Gasteiger partial charge in [0.25, 0.3) is 5.69 Å². The average molecular weight is 370 g/mol. The summed E-state index contributed by atoms with van der Waals surface area (Å²) in [6, 6.07) is 2.82. The van der Waals surface area contributed by atoms with Gasteiger partial charge in [-0.25, -0.2) is 0 Å². The Labute approximate surface area is 147 Å². The van der Waals surface area contributed by atoms with Gasteiger partial charge in [-0.3, -0.25) is 14.8 Å². The lowest BCUT2D eigenvalue weighted by Crippen LogP contribution is -2.45. The number of nitrogens with zero attached hydrogens (tertiary/aromatic N) is 4. The van der Waals surface area contributed by atoms with E-state index >= 15 is 0 Å². The Kier molecular flexibility index (Phi) is 4.86. The first-order chi connectivity index (χ1) is 12.2. The topological polar surface area (TPSA) is 73.4 Å². The van der Waals surface area contributed by atoms with Gasteiger partial charge in [0.2, 0.25) is 0 Å². The van der Waals surface area contributed by atoms with Crippen LogP contribution in [0.1, 0.15) is 11.1 Å². The summed E-state index contributed by atoms with van der Waals surface area (Å²) in [6.07, 6.45) is -1.50. The molecule has 0 saturated carbocycles. The number of nitro benzene ring substituents is 1. The number of benzene rings is 1.